The largest absolute Gasteiger partial charge is 0.523 e. The third-order valence-electron chi connectivity index (χ3n) is 2.59. The second-order valence-electron chi connectivity index (χ2n) is 4.39. The molecule has 0 N–H and O–H groups in total. The van der Waals surface area contributed by atoms with Crippen LogP contribution >= 0.6 is 0 Å². The van der Waals surface area contributed by atoms with Crippen molar-refractivity contribution in [2.75, 3.05) is 6.61 Å². The van der Waals surface area contributed by atoms with Gasteiger partial charge in [0.15, 0.2) is 0 Å². The van der Waals surface area contributed by atoms with E-state index in [1.165, 1.54) is 6.92 Å². The van der Waals surface area contributed by atoms with Gasteiger partial charge < -0.3 is 0 Å². The number of hydrogen-bond donors (Lipinski definition) is 0. The maximum atomic E-state index is 13.5. The molecule has 0 aliphatic rings. The third-order valence-corrected chi connectivity index (χ3v) is 3.58. The fourth-order valence-corrected chi connectivity index (χ4v) is 1.78. The van der Waals surface area contributed by atoms with E-state index in [4.69, 9.17) is 0 Å². The summed E-state index contributed by atoms with van der Waals surface area (Å²) < 4.78 is 88.0. The molecular formula is C9H10F5N3O5S. The first-order chi connectivity index (χ1) is 10.2. The Hall–Kier alpha value is -1.83. The van der Waals surface area contributed by atoms with Crippen molar-refractivity contribution in [3.8, 4) is 0 Å². The van der Waals surface area contributed by atoms with Crippen LogP contribution in [0.1, 0.15) is 5.82 Å². The van der Waals surface area contributed by atoms with Crippen LogP contribution in [0.5, 0.6) is 0 Å². The van der Waals surface area contributed by atoms with Crippen molar-refractivity contribution in [3.63, 3.8) is 0 Å². The second kappa shape index (κ2) is 5.99. The predicted octanol–water partition coefficient (Wildman–Crippen LogP) is -0.248. The molecule has 1 rings (SSSR count). The molecule has 1 heterocycles. The second-order valence-corrected chi connectivity index (χ2v) is 5.99. The van der Waals surface area contributed by atoms with E-state index in [0.717, 1.165) is 11.6 Å². The van der Waals surface area contributed by atoms with E-state index in [1.807, 2.05) is 0 Å². The van der Waals surface area contributed by atoms with Gasteiger partial charge in [0.2, 0.25) is 0 Å². The number of rotatable bonds is 5. The maximum Gasteiger partial charge on any atom is 0.523 e. The summed E-state index contributed by atoms with van der Waals surface area (Å²) in [5.41, 5.74) is -8.42. The zero-order valence-corrected chi connectivity index (χ0v) is 12.4. The molecule has 0 saturated heterocycles. The van der Waals surface area contributed by atoms with Crippen molar-refractivity contribution in [3.05, 3.63) is 26.8 Å². The average Bonchev–Trinajstić information content (AvgIpc) is 2.38. The highest BCUT2D eigenvalue weighted by Gasteiger charge is 2.49. The molecule has 14 heteroatoms. The maximum absolute atomic E-state index is 13.5. The van der Waals surface area contributed by atoms with E-state index in [9.17, 15) is 40.0 Å². The Bertz CT molecular complexity index is 810. The normalized spacial score (nSPS) is 13.3. The van der Waals surface area contributed by atoms with Crippen LogP contribution in [-0.2, 0) is 27.9 Å². The minimum absolute atomic E-state index is 0.0451. The molecule has 132 valence electrons. The van der Waals surface area contributed by atoms with Crippen molar-refractivity contribution in [1.29, 1.82) is 0 Å². The number of nitrogens with zero attached hydrogens (tertiary/aromatic N) is 3. The van der Waals surface area contributed by atoms with Crippen LogP contribution in [0.15, 0.2) is 9.59 Å². The Labute approximate surface area is 125 Å². The number of alkyl halides is 5. The number of hydrogen-bond acceptors (Lipinski definition) is 6. The van der Waals surface area contributed by atoms with E-state index in [0.29, 0.717) is 0 Å². The smallest absolute Gasteiger partial charge is 0.285 e. The molecule has 0 aromatic carbocycles. The Balaban J connectivity index is 3.04. The van der Waals surface area contributed by atoms with E-state index in [2.05, 4.69) is 9.17 Å². The topological polar surface area (TPSA) is 100 Å². The third kappa shape index (κ3) is 4.34. The Morgan fingerprint density at radius 2 is 1.70 bits per heavy atom. The fourth-order valence-electron chi connectivity index (χ4n) is 1.32. The molecule has 1 aromatic rings. The van der Waals surface area contributed by atoms with Gasteiger partial charge in [-0.15, -0.1) is 0 Å². The molecule has 0 bridgehead atoms. The lowest BCUT2D eigenvalue weighted by Gasteiger charge is -2.18. The molecule has 0 spiro atoms. The summed E-state index contributed by atoms with van der Waals surface area (Å²) in [6.45, 7) is -2.64. The Kier molecular flexibility index (Phi) is 5.01. The highest BCUT2D eigenvalue weighted by molar-refractivity contribution is 7.87. The van der Waals surface area contributed by atoms with E-state index in [-0.39, 0.29) is 10.4 Å². The molecule has 0 aliphatic heterocycles. The van der Waals surface area contributed by atoms with Gasteiger partial charge in [-0.2, -0.15) is 26.6 Å². The van der Waals surface area contributed by atoms with Crippen LogP contribution in [0.3, 0.4) is 0 Å². The summed E-state index contributed by atoms with van der Waals surface area (Å²) in [5.74, 6) is -4.32. The number of aryl methyl sites for hydroxylation is 1. The van der Waals surface area contributed by atoms with Crippen LogP contribution < -0.4 is 11.4 Å². The summed E-state index contributed by atoms with van der Waals surface area (Å²) in [4.78, 5) is 26.3. The number of halogens is 5. The monoisotopic (exact) mass is 367 g/mol. The van der Waals surface area contributed by atoms with Crippen LogP contribution in [0, 0.1) is 6.92 Å². The lowest BCUT2D eigenvalue weighted by molar-refractivity contribution is -0.0784. The van der Waals surface area contributed by atoms with Crippen molar-refractivity contribution >= 4 is 10.1 Å². The highest BCUT2D eigenvalue weighted by atomic mass is 32.2. The first-order valence-electron chi connectivity index (χ1n) is 5.66. The van der Waals surface area contributed by atoms with Gasteiger partial charge in [0.25, 0.3) is 5.92 Å². The summed E-state index contributed by atoms with van der Waals surface area (Å²) >= 11 is 0. The lowest BCUT2D eigenvalue weighted by atomic mass is 10.3. The Morgan fingerprint density at radius 3 is 2.17 bits per heavy atom. The number of aromatic nitrogens is 3. The van der Waals surface area contributed by atoms with Crippen LogP contribution in [0.2, 0.25) is 0 Å². The van der Waals surface area contributed by atoms with E-state index >= 15 is 0 Å². The lowest BCUT2D eigenvalue weighted by Crippen LogP contribution is -2.47. The summed E-state index contributed by atoms with van der Waals surface area (Å²) in [6.07, 6.45) is 0. The van der Waals surface area contributed by atoms with Crippen molar-refractivity contribution in [1.82, 2.24) is 14.1 Å². The molecule has 0 radical (unpaired) electrons. The Morgan fingerprint density at radius 1 is 1.17 bits per heavy atom. The molecule has 8 nitrogen and oxygen atoms in total. The van der Waals surface area contributed by atoms with Crippen LogP contribution in [0.25, 0.3) is 0 Å². The average molecular weight is 367 g/mol. The molecule has 0 saturated carbocycles. The van der Waals surface area contributed by atoms with Gasteiger partial charge in [0, 0.05) is 7.05 Å². The quantitative estimate of drug-likeness (QED) is 0.404. The minimum atomic E-state index is -6.22. The molecule has 23 heavy (non-hydrogen) atoms. The van der Waals surface area contributed by atoms with Gasteiger partial charge in [0.1, 0.15) is 12.4 Å². The van der Waals surface area contributed by atoms with E-state index in [1.54, 1.807) is 0 Å². The van der Waals surface area contributed by atoms with Gasteiger partial charge >= 0.3 is 27.0 Å². The van der Waals surface area contributed by atoms with Gasteiger partial charge in [0.05, 0.1) is 6.54 Å². The summed E-state index contributed by atoms with van der Waals surface area (Å²) in [6, 6.07) is 0. The van der Waals surface area contributed by atoms with Crippen molar-refractivity contribution in [2.24, 2.45) is 7.05 Å². The molecule has 0 atom stereocenters. The first-order valence-corrected chi connectivity index (χ1v) is 7.07. The van der Waals surface area contributed by atoms with Gasteiger partial charge in [-0.05, 0) is 6.92 Å². The highest BCUT2D eigenvalue weighted by Crippen LogP contribution is 2.26. The fraction of sp³-hybridized carbons (Fsp3) is 0.667. The molecule has 1 aromatic heterocycles. The molecule has 0 amide bonds. The SMILES string of the molecule is Cc1nc(=O)n(CC(F)(F)COS(=O)(=O)C(F)(F)F)c(=O)n1C. The first kappa shape index (κ1) is 19.2. The van der Waals surface area contributed by atoms with Crippen LogP contribution in [0.4, 0.5) is 22.0 Å². The molecule has 0 fully saturated rings. The zero-order valence-electron chi connectivity index (χ0n) is 11.6. The van der Waals surface area contributed by atoms with Crippen molar-refractivity contribution < 1.29 is 34.6 Å². The van der Waals surface area contributed by atoms with Crippen LogP contribution in [-0.4, -0.2) is 40.6 Å². The van der Waals surface area contributed by atoms with Crippen molar-refractivity contribution in [2.45, 2.75) is 24.9 Å². The van der Waals surface area contributed by atoms with Gasteiger partial charge in [-0.3, -0.25) is 8.75 Å². The van der Waals surface area contributed by atoms with Gasteiger partial charge in [-0.1, -0.05) is 0 Å². The molecular weight excluding hydrogens is 357 g/mol. The predicted molar refractivity (Wildman–Crippen MR) is 64.3 cm³/mol. The van der Waals surface area contributed by atoms with Gasteiger partial charge in [-0.25, -0.2) is 22.9 Å². The summed E-state index contributed by atoms with van der Waals surface area (Å²) in [7, 11) is -5.10. The van der Waals surface area contributed by atoms with E-state index < -0.39 is 46.1 Å². The molecule has 0 unspecified atom stereocenters. The zero-order chi connectivity index (χ0) is 18.2. The standard InChI is InChI=1S/C9H10F5N3O5S/c1-5-15-6(18)17(7(19)16(5)2)3-8(10,11)4-22-23(20,21)9(12,13)14/h3-4H2,1-2H3. The molecule has 0 aliphatic carbocycles. The minimum Gasteiger partial charge on any atom is -0.285 e. The summed E-state index contributed by atoms with van der Waals surface area (Å²) in [5, 5.41) is 0.